The monoisotopic (exact) mass is 201 g/mol. The number of hydrogen-bond acceptors (Lipinski definition) is 2. The van der Waals surface area contributed by atoms with Gasteiger partial charge >= 0.3 is 0 Å². The number of aliphatic hydroxyl groups excluding tert-OH is 1. The minimum atomic E-state index is -0.324. The standard InChI is InChI=1S/C11H23NO2/c1-3-4-5-6-7-11(14)12-9-8-10(2)13/h10,13H,3-9H2,1-2H3,(H,12,14). The van der Waals surface area contributed by atoms with E-state index in [9.17, 15) is 4.79 Å². The Hall–Kier alpha value is -0.570. The van der Waals surface area contributed by atoms with Crippen LogP contribution in [0.3, 0.4) is 0 Å². The number of aliphatic hydroxyl groups is 1. The summed E-state index contributed by atoms with van der Waals surface area (Å²) in [6.45, 7) is 4.47. The molecule has 14 heavy (non-hydrogen) atoms. The van der Waals surface area contributed by atoms with Crippen molar-refractivity contribution in [1.82, 2.24) is 5.32 Å². The third kappa shape index (κ3) is 9.52. The second kappa shape index (κ2) is 9.00. The van der Waals surface area contributed by atoms with Gasteiger partial charge in [-0.05, 0) is 19.8 Å². The van der Waals surface area contributed by atoms with E-state index < -0.39 is 0 Å². The third-order valence-electron chi connectivity index (χ3n) is 2.14. The summed E-state index contributed by atoms with van der Waals surface area (Å²) in [6, 6.07) is 0. The summed E-state index contributed by atoms with van der Waals surface area (Å²) in [5.74, 6) is 0.113. The Kier molecular flexibility index (Phi) is 8.64. The van der Waals surface area contributed by atoms with Crippen LogP contribution in [0, 0.1) is 0 Å². The SMILES string of the molecule is CCCCCCC(=O)NCCC(C)O. The number of nitrogens with one attached hydrogen (secondary N) is 1. The Balaban J connectivity index is 3.20. The molecule has 3 heteroatoms. The van der Waals surface area contributed by atoms with Gasteiger partial charge in [-0.2, -0.15) is 0 Å². The van der Waals surface area contributed by atoms with Gasteiger partial charge in [-0.15, -0.1) is 0 Å². The van der Waals surface area contributed by atoms with E-state index in [0.29, 0.717) is 19.4 Å². The van der Waals surface area contributed by atoms with Crippen LogP contribution in [0.25, 0.3) is 0 Å². The van der Waals surface area contributed by atoms with E-state index in [-0.39, 0.29) is 12.0 Å². The molecule has 1 amide bonds. The third-order valence-corrected chi connectivity index (χ3v) is 2.14. The lowest BCUT2D eigenvalue weighted by atomic mass is 10.1. The molecule has 0 radical (unpaired) electrons. The Bertz CT molecular complexity index is 146. The highest BCUT2D eigenvalue weighted by Crippen LogP contribution is 2.01. The number of amides is 1. The molecule has 0 aliphatic heterocycles. The van der Waals surface area contributed by atoms with Gasteiger partial charge in [-0.3, -0.25) is 4.79 Å². The number of hydrogen-bond donors (Lipinski definition) is 2. The second-order valence-electron chi connectivity index (χ2n) is 3.80. The fourth-order valence-corrected chi connectivity index (χ4v) is 1.22. The highest BCUT2D eigenvalue weighted by atomic mass is 16.3. The van der Waals surface area contributed by atoms with Crippen LogP contribution in [0.1, 0.15) is 52.4 Å². The van der Waals surface area contributed by atoms with E-state index in [1.165, 1.54) is 12.8 Å². The summed E-state index contributed by atoms with van der Waals surface area (Å²) < 4.78 is 0. The second-order valence-corrected chi connectivity index (χ2v) is 3.80. The van der Waals surface area contributed by atoms with Gasteiger partial charge in [0.25, 0.3) is 0 Å². The summed E-state index contributed by atoms with van der Waals surface area (Å²) in [6.07, 6.45) is 5.47. The molecular formula is C11H23NO2. The maximum absolute atomic E-state index is 11.2. The fraction of sp³-hybridized carbons (Fsp3) is 0.909. The average molecular weight is 201 g/mol. The van der Waals surface area contributed by atoms with Crippen molar-refractivity contribution in [3.63, 3.8) is 0 Å². The molecule has 0 aliphatic carbocycles. The lowest BCUT2D eigenvalue weighted by Crippen LogP contribution is -2.26. The van der Waals surface area contributed by atoms with Crippen molar-refractivity contribution >= 4 is 5.91 Å². The van der Waals surface area contributed by atoms with Crippen LogP contribution >= 0.6 is 0 Å². The first-order chi connectivity index (χ1) is 6.66. The van der Waals surface area contributed by atoms with Gasteiger partial charge in [0.2, 0.25) is 5.91 Å². The average Bonchev–Trinajstić information content (AvgIpc) is 2.12. The molecule has 1 unspecified atom stereocenters. The quantitative estimate of drug-likeness (QED) is 0.589. The molecule has 0 aromatic carbocycles. The van der Waals surface area contributed by atoms with Crippen molar-refractivity contribution in [3.05, 3.63) is 0 Å². The molecule has 0 fully saturated rings. The van der Waals surface area contributed by atoms with Gasteiger partial charge in [-0.1, -0.05) is 26.2 Å². The van der Waals surface area contributed by atoms with Gasteiger partial charge in [-0.25, -0.2) is 0 Å². The smallest absolute Gasteiger partial charge is 0.219 e. The van der Waals surface area contributed by atoms with Crippen molar-refractivity contribution < 1.29 is 9.90 Å². The van der Waals surface area contributed by atoms with Crippen LogP contribution in [0.15, 0.2) is 0 Å². The first-order valence-electron chi connectivity index (χ1n) is 5.61. The van der Waals surface area contributed by atoms with Crippen LogP contribution in [0.5, 0.6) is 0 Å². The van der Waals surface area contributed by atoms with E-state index in [4.69, 9.17) is 5.11 Å². The summed E-state index contributed by atoms with van der Waals surface area (Å²) in [7, 11) is 0. The lowest BCUT2D eigenvalue weighted by molar-refractivity contribution is -0.121. The largest absolute Gasteiger partial charge is 0.393 e. The summed E-state index contributed by atoms with van der Waals surface area (Å²) in [5.41, 5.74) is 0. The molecule has 0 rings (SSSR count). The molecule has 0 aromatic rings. The summed E-state index contributed by atoms with van der Waals surface area (Å²) in [5, 5.41) is 11.8. The van der Waals surface area contributed by atoms with E-state index >= 15 is 0 Å². The van der Waals surface area contributed by atoms with Crippen molar-refractivity contribution in [2.24, 2.45) is 0 Å². The van der Waals surface area contributed by atoms with Gasteiger partial charge in [0, 0.05) is 13.0 Å². The van der Waals surface area contributed by atoms with Gasteiger partial charge in [0.1, 0.15) is 0 Å². The summed E-state index contributed by atoms with van der Waals surface area (Å²) >= 11 is 0. The molecule has 2 N–H and O–H groups in total. The van der Waals surface area contributed by atoms with Crippen LogP contribution in [0.2, 0.25) is 0 Å². The first kappa shape index (κ1) is 13.4. The molecule has 0 saturated carbocycles. The highest BCUT2D eigenvalue weighted by Gasteiger charge is 2.01. The molecular weight excluding hydrogens is 178 g/mol. The van der Waals surface area contributed by atoms with Gasteiger partial charge in [0.15, 0.2) is 0 Å². The summed E-state index contributed by atoms with van der Waals surface area (Å²) in [4.78, 5) is 11.2. The van der Waals surface area contributed by atoms with Gasteiger partial charge < -0.3 is 10.4 Å². The zero-order chi connectivity index (χ0) is 10.8. The molecule has 0 bridgehead atoms. The lowest BCUT2D eigenvalue weighted by Gasteiger charge is -2.06. The predicted octanol–water partition coefficient (Wildman–Crippen LogP) is 1.84. The normalized spacial score (nSPS) is 12.5. The number of carbonyl (C=O) groups is 1. The number of rotatable bonds is 8. The molecule has 0 spiro atoms. The van der Waals surface area contributed by atoms with Gasteiger partial charge in [0.05, 0.1) is 6.10 Å². The Morgan fingerprint density at radius 2 is 2.07 bits per heavy atom. The van der Waals surface area contributed by atoms with Crippen LogP contribution < -0.4 is 5.32 Å². The molecule has 0 aromatic heterocycles. The van der Waals surface area contributed by atoms with Crippen molar-refractivity contribution in [3.8, 4) is 0 Å². The number of unbranched alkanes of at least 4 members (excludes halogenated alkanes) is 3. The molecule has 0 aliphatic rings. The Morgan fingerprint density at radius 3 is 2.64 bits per heavy atom. The topological polar surface area (TPSA) is 49.3 Å². The van der Waals surface area contributed by atoms with E-state index in [1.54, 1.807) is 6.92 Å². The Morgan fingerprint density at radius 1 is 1.36 bits per heavy atom. The Labute approximate surface area is 86.9 Å². The maximum atomic E-state index is 11.2. The minimum Gasteiger partial charge on any atom is -0.393 e. The van der Waals surface area contributed by atoms with E-state index in [2.05, 4.69) is 12.2 Å². The highest BCUT2D eigenvalue weighted by molar-refractivity contribution is 5.75. The predicted molar refractivity (Wildman–Crippen MR) is 58.1 cm³/mol. The maximum Gasteiger partial charge on any atom is 0.219 e. The van der Waals surface area contributed by atoms with E-state index in [0.717, 1.165) is 12.8 Å². The molecule has 3 nitrogen and oxygen atoms in total. The fourth-order valence-electron chi connectivity index (χ4n) is 1.22. The first-order valence-corrected chi connectivity index (χ1v) is 5.61. The van der Waals surface area contributed by atoms with Crippen LogP contribution in [-0.4, -0.2) is 23.7 Å². The molecule has 1 atom stereocenters. The minimum absolute atomic E-state index is 0.113. The van der Waals surface area contributed by atoms with Crippen molar-refractivity contribution in [1.29, 1.82) is 0 Å². The number of carbonyl (C=O) groups excluding carboxylic acids is 1. The molecule has 0 saturated heterocycles. The zero-order valence-electron chi connectivity index (χ0n) is 9.38. The zero-order valence-corrected chi connectivity index (χ0v) is 9.38. The van der Waals surface area contributed by atoms with Crippen LogP contribution in [0.4, 0.5) is 0 Å². The molecule has 84 valence electrons. The van der Waals surface area contributed by atoms with Crippen LogP contribution in [-0.2, 0) is 4.79 Å². The molecule has 0 heterocycles. The van der Waals surface area contributed by atoms with E-state index in [1.807, 2.05) is 0 Å². The van der Waals surface area contributed by atoms with Crippen molar-refractivity contribution in [2.45, 2.75) is 58.5 Å². The van der Waals surface area contributed by atoms with Crippen molar-refractivity contribution in [2.75, 3.05) is 6.54 Å².